The topological polar surface area (TPSA) is 65.0 Å². The van der Waals surface area contributed by atoms with Gasteiger partial charge in [-0.2, -0.15) is 0 Å². The van der Waals surface area contributed by atoms with Gasteiger partial charge >= 0.3 is 5.97 Å². The van der Waals surface area contributed by atoms with E-state index in [0.29, 0.717) is 6.42 Å². The molecule has 0 aromatic carbocycles. The third kappa shape index (κ3) is 4.23. The van der Waals surface area contributed by atoms with E-state index in [2.05, 4.69) is 0 Å². The third-order valence-corrected chi connectivity index (χ3v) is 2.69. The molecule has 1 aliphatic heterocycles. The molecule has 1 aliphatic rings. The van der Waals surface area contributed by atoms with Crippen LogP contribution in [-0.4, -0.2) is 42.3 Å². The van der Waals surface area contributed by atoms with Crippen molar-refractivity contribution in [3.8, 4) is 0 Å². The van der Waals surface area contributed by atoms with Gasteiger partial charge in [0.15, 0.2) is 5.79 Å². The van der Waals surface area contributed by atoms with Crippen molar-refractivity contribution in [2.45, 2.75) is 59.0 Å². The highest BCUT2D eigenvalue weighted by molar-refractivity contribution is 5.75. The van der Waals surface area contributed by atoms with Gasteiger partial charge in [0.1, 0.15) is 12.7 Å². The Labute approximate surface area is 108 Å². The van der Waals surface area contributed by atoms with Crippen molar-refractivity contribution in [1.29, 1.82) is 0 Å². The van der Waals surface area contributed by atoms with Crippen molar-refractivity contribution in [2.75, 3.05) is 13.2 Å². The monoisotopic (exact) mass is 260 g/mol. The summed E-state index contributed by atoms with van der Waals surface area (Å²) in [6, 6.07) is 0. The van der Waals surface area contributed by atoms with Gasteiger partial charge in [0.05, 0.1) is 11.5 Å². The van der Waals surface area contributed by atoms with Crippen molar-refractivity contribution in [3.63, 3.8) is 0 Å². The molecule has 1 heterocycles. The largest absolute Gasteiger partial charge is 0.462 e. The molecule has 0 aliphatic carbocycles. The second-order valence-corrected chi connectivity index (χ2v) is 6.07. The molecule has 0 amide bonds. The lowest BCUT2D eigenvalue weighted by molar-refractivity contribution is -0.165. The summed E-state index contributed by atoms with van der Waals surface area (Å²) in [6.07, 6.45) is -0.0857. The molecular weight excluding hydrogens is 236 g/mol. The second-order valence-electron chi connectivity index (χ2n) is 6.07. The SMILES string of the molecule is CC1(C)OC(CCO)[C@@H](COC(=O)C(C)(C)C)O1. The summed E-state index contributed by atoms with van der Waals surface area (Å²) in [7, 11) is 0. The Morgan fingerprint density at radius 2 is 1.83 bits per heavy atom. The molecule has 0 aromatic heterocycles. The van der Waals surface area contributed by atoms with Crippen LogP contribution in [0.5, 0.6) is 0 Å². The Balaban J connectivity index is 2.52. The lowest BCUT2D eigenvalue weighted by Gasteiger charge is -2.20. The quantitative estimate of drug-likeness (QED) is 0.776. The number of aliphatic hydroxyl groups is 1. The number of hydrogen-bond acceptors (Lipinski definition) is 5. The van der Waals surface area contributed by atoms with E-state index < -0.39 is 11.2 Å². The molecule has 1 rings (SSSR count). The Morgan fingerprint density at radius 3 is 2.33 bits per heavy atom. The molecule has 2 atom stereocenters. The summed E-state index contributed by atoms with van der Waals surface area (Å²) < 4.78 is 16.5. The van der Waals surface area contributed by atoms with E-state index >= 15 is 0 Å². The minimum absolute atomic E-state index is 0.0217. The van der Waals surface area contributed by atoms with Gasteiger partial charge in [-0.05, 0) is 41.0 Å². The first kappa shape index (κ1) is 15.4. The van der Waals surface area contributed by atoms with E-state index in [4.69, 9.17) is 19.3 Å². The van der Waals surface area contributed by atoms with Crippen LogP contribution >= 0.6 is 0 Å². The minimum Gasteiger partial charge on any atom is -0.462 e. The highest BCUT2D eigenvalue weighted by atomic mass is 16.8. The molecule has 1 unspecified atom stereocenters. The van der Waals surface area contributed by atoms with E-state index in [1.54, 1.807) is 20.8 Å². The van der Waals surface area contributed by atoms with Gasteiger partial charge in [0.25, 0.3) is 0 Å². The fraction of sp³-hybridized carbons (Fsp3) is 0.923. The molecule has 1 saturated heterocycles. The molecule has 18 heavy (non-hydrogen) atoms. The summed E-state index contributed by atoms with van der Waals surface area (Å²) >= 11 is 0. The summed E-state index contributed by atoms with van der Waals surface area (Å²) in [6.45, 7) is 9.20. The zero-order chi connectivity index (χ0) is 14.0. The molecule has 106 valence electrons. The first-order valence-electron chi connectivity index (χ1n) is 6.29. The second kappa shape index (κ2) is 5.55. The number of rotatable bonds is 4. The average Bonchev–Trinajstić information content (AvgIpc) is 2.49. The van der Waals surface area contributed by atoms with Crippen LogP contribution in [0.15, 0.2) is 0 Å². The van der Waals surface area contributed by atoms with Crippen molar-refractivity contribution in [2.24, 2.45) is 5.41 Å². The average molecular weight is 260 g/mol. The number of carbonyl (C=O) groups is 1. The Hall–Kier alpha value is -0.650. The number of hydrogen-bond donors (Lipinski definition) is 1. The van der Waals surface area contributed by atoms with Gasteiger partial charge < -0.3 is 19.3 Å². The van der Waals surface area contributed by atoms with E-state index in [0.717, 1.165) is 0 Å². The third-order valence-electron chi connectivity index (χ3n) is 2.69. The summed E-state index contributed by atoms with van der Waals surface area (Å²) in [5.74, 6) is -0.961. The lowest BCUT2D eigenvalue weighted by atomic mass is 9.97. The van der Waals surface area contributed by atoms with Gasteiger partial charge in [-0.3, -0.25) is 4.79 Å². The molecule has 0 radical (unpaired) electrons. The van der Waals surface area contributed by atoms with Crippen molar-refractivity contribution >= 4 is 5.97 Å². The predicted octanol–water partition coefficient (Wildman–Crippen LogP) is 1.48. The molecule has 5 heteroatoms. The van der Waals surface area contributed by atoms with Crippen LogP contribution in [0.25, 0.3) is 0 Å². The van der Waals surface area contributed by atoms with Gasteiger partial charge in [-0.15, -0.1) is 0 Å². The maximum Gasteiger partial charge on any atom is 0.311 e. The highest BCUT2D eigenvalue weighted by Gasteiger charge is 2.41. The van der Waals surface area contributed by atoms with Gasteiger partial charge in [-0.1, -0.05) is 0 Å². The van der Waals surface area contributed by atoms with Crippen LogP contribution in [0.3, 0.4) is 0 Å². The molecular formula is C13H24O5. The number of esters is 1. The van der Waals surface area contributed by atoms with Crippen LogP contribution in [0.4, 0.5) is 0 Å². The predicted molar refractivity (Wildman–Crippen MR) is 65.9 cm³/mol. The fourth-order valence-corrected chi connectivity index (χ4v) is 1.80. The molecule has 5 nitrogen and oxygen atoms in total. The first-order valence-corrected chi connectivity index (χ1v) is 6.29. The fourth-order valence-electron chi connectivity index (χ4n) is 1.80. The smallest absolute Gasteiger partial charge is 0.311 e. The van der Waals surface area contributed by atoms with Gasteiger partial charge in [-0.25, -0.2) is 0 Å². The Morgan fingerprint density at radius 1 is 1.28 bits per heavy atom. The standard InChI is InChI=1S/C13H24O5/c1-12(2,3)11(15)16-8-10-9(6-7-14)17-13(4,5)18-10/h9-10,14H,6-8H2,1-5H3/t9?,10-/m1/s1. The van der Waals surface area contributed by atoms with Gasteiger partial charge in [0, 0.05) is 6.61 Å². The van der Waals surface area contributed by atoms with E-state index in [1.807, 2.05) is 13.8 Å². The van der Waals surface area contributed by atoms with Crippen LogP contribution < -0.4 is 0 Å². The number of aliphatic hydroxyl groups excluding tert-OH is 1. The lowest BCUT2D eigenvalue weighted by Crippen LogP contribution is -2.32. The Kier molecular flexibility index (Phi) is 4.75. The number of ether oxygens (including phenoxy) is 3. The molecule has 0 spiro atoms. The summed E-state index contributed by atoms with van der Waals surface area (Å²) in [5, 5.41) is 8.98. The van der Waals surface area contributed by atoms with Crippen LogP contribution in [-0.2, 0) is 19.0 Å². The molecule has 0 bridgehead atoms. The zero-order valence-electron chi connectivity index (χ0n) is 11.9. The molecule has 0 aromatic rings. The zero-order valence-corrected chi connectivity index (χ0v) is 11.9. The maximum atomic E-state index is 11.7. The summed E-state index contributed by atoms with van der Waals surface area (Å²) in [5.41, 5.74) is -0.526. The van der Waals surface area contributed by atoms with Gasteiger partial charge in [0.2, 0.25) is 0 Å². The number of carbonyl (C=O) groups excluding carboxylic acids is 1. The molecule has 1 N–H and O–H groups in total. The van der Waals surface area contributed by atoms with Crippen LogP contribution in [0.2, 0.25) is 0 Å². The van der Waals surface area contributed by atoms with Crippen LogP contribution in [0.1, 0.15) is 41.0 Å². The highest BCUT2D eigenvalue weighted by Crippen LogP contribution is 2.30. The van der Waals surface area contributed by atoms with E-state index in [1.165, 1.54) is 0 Å². The van der Waals surface area contributed by atoms with Crippen molar-refractivity contribution in [1.82, 2.24) is 0 Å². The molecule has 0 saturated carbocycles. The maximum absolute atomic E-state index is 11.7. The van der Waals surface area contributed by atoms with Crippen LogP contribution in [0, 0.1) is 5.41 Å². The van der Waals surface area contributed by atoms with E-state index in [9.17, 15) is 4.79 Å². The first-order chi connectivity index (χ1) is 8.15. The van der Waals surface area contributed by atoms with Crippen molar-refractivity contribution in [3.05, 3.63) is 0 Å². The molecule has 1 fully saturated rings. The van der Waals surface area contributed by atoms with E-state index in [-0.39, 0.29) is 31.4 Å². The normalized spacial score (nSPS) is 27.2. The minimum atomic E-state index is -0.696. The Bertz CT molecular complexity index is 292. The van der Waals surface area contributed by atoms with Crippen molar-refractivity contribution < 1.29 is 24.1 Å². The summed E-state index contributed by atoms with van der Waals surface area (Å²) in [4.78, 5) is 11.7.